The summed E-state index contributed by atoms with van der Waals surface area (Å²) in [5.74, 6) is 0. The van der Waals surface area contributed by atoms with Gasteiger partial charge in [-0.3, -0.25) is 0 Å². The molecule has 0 aliphatic carbocycles. The van der Waals surface area contributed by atoms with Gasteiger partial charge in [-0.05, 0) is 37.0 Å². The van der Waals surface area contributed by atoms with Crippen molar-refractivity contribution in [1.29, 1.82) is 0 Å². The summed E-state index contributed by atoms with van der Waals surface area (Å²) in [5.41, 5.74) is 8.34. The Bertz CT molecular complexity index is 374. The quantitative estimate of drug-likeness (QED) is 0.786. The highest BCUT2D eigenvalue weighted by molar-refractivity contribution is 6.42. The lowest BCUT2D eigenvalue weighted by Crippen LogP contribution is -2.23. The third-order valence-corrected chi connectivity index (χ3v) is 3.27. The van der Waals surface area contributed by atoms with Crippen molar-refractivity contribution in [2.75, 3.05) is 0 Å². The molecule has 0 saturated heterocycles. The van der Waals surface area contributed by atoms with Crippen LogP contribution in [0.15, 0.2) is 30.4 Å². The molecule has 16 heavy (non-hydrogen) atoms. The van der Waals surface area contributed by atoms with Gasteiger partial charge in [-0.25, -0.2) is 0 Å². The van der Waals surface area contributed by atoms with Crippen molar-refractivity contribution < 1.29 is 0 Å². The first-order chi connectivity index (χ1) is 7.52. The van der Waals surface area contributed by atoms with E-state index in [0.717, 1.165) is 24.8 Å². The lowest BCUT2D eigenvalue weighted by molar-refractivity contribution is 0.651. The van der Waals surface area contributed by atoms with Crippen LogP contribution in [-0.2, 0) is 6.42 Å². The van der Waals surface area contributed by atoms with Crippen molar-refractivity contribution in [3.05, 3.63) is 46.0 Å². The topological polar surface area (TPSA) is 26.0 Å². The van der Waals surface area contributed by atoms with Gasteiger partial charge >= 0.3 is 0 Å². The largest absolute Gasteiger partial charge is 0.327 e. The summed E-state index contributed by atoms with van der Waals surface area (Å²) < 4.78 is 0. The maximum absolute atomic E-state index is 6.03. The van der Waals surface area contributed by atoms with Crippen LogP contribution in [0.5, 0.6) is 0 Å². The van der Waals surface area contributed by atoms with Crippen molar-refractivity contribution in [2.45, 2.75) is 32.2 Å². The minimum absolute atomic E-state index is 0.102. The van der Waals surface area contributed by atoms with Crippen molar-refractivity contribution in [2.24, 2.45) is 5.73 Å². The monoisotopic (exact) mass is 257 g/mol. The van der Waals surface area contributed by atoms with Crippen molar-refractivity contribution in [3.8, 4) is 0 Å². The molecule has 0 radical (unpaired) electrons. The molecule has 1 nitrogen and oxygen atoms in total. The molecule has 3 heteroatoms. The van der Waals surface area contributed by atoms with Crippen molar-refractivity contribution >= 4 is 23.2 Å². The molecule has 0 amide bonds. The predicted octanol–water partition coefficient (Wildman–Crippen LogP) is 4.22. The third kappa shape index (κ3) is 4.17. The summed E-state index contributed by atoms with van der Waals surface area (Å²) in [7, 11) is 0. The van der Waals surface area contributed by atoms with Gasteiger partial charge in [-0.2, -0.15) is 0 Å². The standard InChI is InChI=1S/C13H17Cl2N/c1-3-9(2)6-11(16)7-10-4-5-12(14)13(15)8-10/h4-5,8,11H,2-3,6-7,16H2,1H3. The lowest BCUT2D eigenvalue weighted by Gasteiger charge is -2.13. The molecule has 0 aliphatic heterocycles. The highest BCUT2D eigenvalue weighted by atomic mass is 35.5. The molecule has 2 N–H and O–H groups in total. The number of halogens is 2. The molecule has 1 aromatic carbocycles. The fraction of sp³-hybridized carbons (Fsp3) is 0.385. The molecule has 1 rings (SSSR count). The maximum atomic E-state index is 6.03. The van der Waals surface area contributed by atoms with Gasteiger partial charge in [0.1, 0.15) is 0 Å². The number of hydrogen-bond donors (Lipinski definition) is 1. The second kappa shape index (κ2) is 6.29. The number of nitrogens with two attached hydrogens (primary N) is 1. The Kier molecular flexibility index (Phi) is 5.33. The molecule has 1 atom stereocenters. The molecule has 1 aromatic rings. The van der Waals surface area contributed by atoms with Crippen molar-refractivity contribution in [3.63, 3.8) is 0 Å². The Morgan fingerprint density at radius 1 is 1.38 bits per heavy atom. The van der Waals surface area contributed by atoms with E-state index in [9.17, 15) is 0 Å². The summed E-state index contributed by atoms with van der Waals surface area (Å²) in [6.45, 7) is 6.05. The Labute approximate surface area is 107 Å². The van der Waals surface area contributed by atoms with Gasteiger partial charge in [-0.1, -0.05) is 48.3 Å². The Morgan fingerprint density at radius 3 is 2.62 bits per heavy atom. The van der Waals surface area contributed by atoms with E-state index in [0.29, 0.717) is 10.0 Å². The second-order valence-corrected chi connectivity index (χ2v) is 4.83. The molecule has 0 fully saturated rings. The molecule has 88 valence electrons. The maximum Gasteiger partial charge on any atom is 0.0595 e. The van der Waals surface area contributed by atoms with E-state index in [4.69, 9.17) is 28.9 Å². The Hall–Kier alpha value is -0.500. The van der Waals surface area contributed by atoms with Crippen LogP contribution in [0.4, 0.5) is 0 Å². The average Bonchev–Trinajstić information content (AvgIpc) is 2.23. The highest BCUT2D eigenvalue weighted by Gasteiger charge is 2.07. The summed E-state index contributed by atoms with van der Waals surface area (Å²) in [5, 5.41) is 1.16. The summed E-state index contributed by atoms with van der Waals surface area (Å²) >= 11 is 11.8. The molecule has 0 bridgehead atoms. The minimum atomic E-state index is 0.102. The molecular weight excluding hydrogens is 241 g/mol. The highest BCUT2D eigenvalue weighted by Crippen LogP contribution is 2.23. The number of rotatable bonds is 5. The fourth-order valence-electron chi connectivity index (χ4n) is 1.56. The Balaban J connectivity index is 2.59. The van der Waals surface area contributed by atoms with Gasteiger partial charge in [0.15, 0.2) is 0 Å². The van der Waals surface area contributed by atoms with Crippen LogP contribution in [0.3, 0.4) is 0 Å². The van der Waals surface area contributed by atoms with Crippen LogP contribution >= 0.6 is 23.2 Å². The lowest BCUT2D eigenvalue weighted by atomic mass is 9.99. The zero-order chi connectivity index (χ0) is 12.1. The van der Waals surface area contributed by atoms with Crippen LogP contribution < -0.4 is 5.73 Å². The predicted molar refractivity (Wildman–Crippen MR) is 72.2 cm³/mol. The first-order valence-electron chi connectivity index (χ1n) is 5.39. The van der Waals surface area contributed by atoms with E-state index in [1.165, 1.54) is 5.57 Å². The molecular formula is C13H17Cl2N. The summed E-state index contributed by atoms with van der Waals surface area (Å²) in [4.78, 5) is 0. The zero-order valence-electron chi connectivity index (χ0n) is 9.47. The first kappa shape index (κ1) is 13.6. The minimum Gasteiger partial charge on any atom is -0.327 e. The zero-order valence-corrected chi connectivity index (χ0v) is 11.0. The van der Waals surface area contributed by atoms with E-state index < -0.39 is 0 Å². The smallest absolute Gasteiger partial charge is 0.0595 e. The second-order valence-electron chi connectivity index (χ2n) is 4.02. The normalized spacial score (nSPS) is 12.5. The fourth-order valence-corrected chi connectivity index (χ4v) is 1.88. The SMILES string of the molecule is C=C(CC)CC(N)Cc1ccc(Cl)c(Cl)c1. The van der Waals surface area contributed by atoms with Gasteiger partial charge in [0.05, 0.1) is 10.0 Å². The van der Waals surface area contributed by atoms with Crippen molar-refractivity contribution in [1.82, 2.24) is 0 Å². The van der Waals surface area contributed by atoms with E-state index >= 15 is 0 Å². The van der Waals surface area contributed by atoms with Gasteiger partial charge in [0.2, 0.25) is 0 Å². The number of benzene rings is 1. The van der Waals surface area contributed by atoms with Crippen LogP contribution in [0.1, 0.15) is 25.3 Å². The van der Waals surface area contributed by atoms with E-state index in [-0.39, 0.29) is 6.04 Å². The van der Waals surface area contributed by atoms with Gasteiger partial charge in [0.25, 0.3) is 0 Å². The molecule has 0 spiro atoms. The number of hydrogen-bond acceptors (Lipinski definition) is 1. The molecule has 0 saturated carbocycles. The molecule has 0 aliphatic rings. The van der Waals surface area contributed by atoms with Gasteiger partial charge in [-0.15, -0.1) is 0 Å². The average molecular weight is 258 g/mol. The van der Waals surface area contributed by atoms with E-state index in [1.54, 1.807) is 6.07 Å². The summed E-state index contributed by atoms with van der Waals surface area (Å²) in [6, 6.07) is 5.74. The van der Waals surface area contributed by atoms with Crippen LogP contribution in [0, 0.1) is 0 Å². The molecule has 0 aromatic heterocycles. The van der Waals surface area contributed by atoms with Gasteiger partial charge < -0.3 is 5.73 Å². The third-order valence-electron chi connectivity index (χ3n) is 2.53. The van der Waals surface area contributed by atoms with Crippen LogP contribution in [0.25, 0.3) is 0 Å². The van der Waals surface area contributed by atoms with Crippen LogP contribution in [0.2, 0.25) is 10.0 Å². The molecule has 1 unspecified atom stereocenters. The van der Waals surface area contributed by atoms with Crippen LogP contribution in [-0.4, -0.2) is 6.04 Å². The van der Waals surface area contributed by atoms with E-state index in [2.05, 4.69) is 13.5 Å². The van der Waals surface area contributed by atoms with E-state index in [1.807, 2.05) is 12.1 Å². The van der Waals surface area contributed by atoms with Gasteiger partial charge in [0, 0.05) is 6.04 Å². The Morgan fingerprint density at radius 2 is 2.06 bits per heavy atom. The first-order valence-corrected chi connectivity index (χ1v) is 6.14. The molecule has 0 heterocycles. The summed E-state index contributed by atoms with van der Waals surface area (Å²) in [6.07, 6.45) is 2.64.